The van der Waals surface area contributed by atoms with Gasteiger partial charge in [-0.3, -0.25) is 40.5 Å². The van der Waals surface area contributed by atoms with Gasteiger partial charge in [0, 0.05) is 35.9 Å². The number of nitro benzene ring substituents is 4. The molecule has 0 heterocycles. The fraction of sp³-hybridized carbons (Fsp3) is 0. The Balaban J connectivity index is 2.80. The molecule has 0 saturated heterocycles. The van der Waals surface area contributed by atoms with Gasteiger partial charge in [0.05, 0.1) is 25.3 Å². The van der Waals surface area contributed by atoms with Gasteiger partial charge < -0.3 is 0 Å². The fourth-order valence-electron chi connectivity index (χ4n) is 1.92. The summed E-state index contributed by atoms with van der Waals surface area (Å²) in [4.78, 5) is 40.0. The number of hydrogen-bond acceptors (Lipinski definition) is 8. The highest BCUT2D eigenvalue weighted by molar-refractivity contribution is 5.78. The maximum Gasteiger partial charge on any atom is 0.285 e. The zero-order chi connectivity index (χ0) is 18.0. The van der Waals surface area contributed by atoms with E-state index in [0.29, 0.717) is 0 Å². The third-order valence-electron chi connectivity index (χ3n) is 2.93. The van der Waals surface area contributed by atoms with E-state index >= 15 is 0 Å². The van der Waals surface area contributed by atoms with Gasteiger partial charge in [-0.15, -0.1) is 0 Å². The molecule has 0 aliphatic carbocycles. The summed E-state index contributed by atoms with van der Waals surface area (Å²) in [6.45, 7) is 0. The Kier molecular flexibility index (Phi) is 4.13. The quantitative estimate of drug-likeness (QED) is 0.593. The smallest absolute Gasteiger partial charge is 0.258 e. The van der Waals surface area contributed by atoms with Crippen LogP contribution in [0.5, 0.6) is 0 Å². The van der Waals surface area contributed by atoms with E-state index in [-0.39, 0.29) is 11.1 Å². The van der Waals surface area contributed by atoms with Gasteiger partial charge in [0.1, 0.15) is 0 Å². The lowest BCUT2D eigenvalue weighted by Gasteiger charge is -2.04. The molecule has 121 valence electrons. The molecule has 0 aliphatic rings. The van der Waals surface area contributed by atoms with Gasteiger partial charge in [0.15, 0.2) is 6.07 Å². The molecule has 2 rings (SSSR count). The highest BCUT2D eigenvalue weighted by Crippen LogP contribution is 2.36. The molecule has 12 heteroatoms. The molecule has 0 bridgehead atoms. The normalized spacial score (nSPS) is 10.2. The first-order valence-corrected chi connectivity index (χ1v) is 6.00. The summed E-state index contributed by atoms with van der Waals surface area (Å²) in [6, 6.07) is 6.13. The maximum atomic E-state index is 11.1. The van der Waals surface area contributed by atoms with Gasteiger partial charge in [-0.25, -0.2) is 0 Å². The van der Waals surface area contributed by atoms with Crippen molar-refractivity contribution in [3.63, 3.8) is 0 Å². The molecule has 2 aromatic carbocycles. The van der Waals surface area contributed by atoms with Crippen molar-refractivity contribution in [3.8, 4) is 11.1 Å². The standard InChI is InChI=1S/C12H5N4O8/c17-13(18)8-1-2-12(16(23)24)11(6-8)7-3-9(14(19)20)5-10(4-7)15(21)22/h1-4,6H. The Hall–Kier alpha value is -3.96. The average Bonchev–Trinajstić information content (AvgIpc) is 2.53. The topological polar surface area (TPSA) is 173 Å². The molecule has 0 fully saturated rings. The largest absolute Gasteiger partial charge is 0.285 e. The molecule has 0 aliphatic heterocycles. The van der Waals surface area contributed by atoms with Crippen LogP contribution in [-0.2, 0) is 0 Å². The molecule has 24 heavy (non-hydrogen) atoms. The zero-order valence-electron chi connectivity index (χ0n) is 11.4. The third-order valence-corrected chi connectivity index (χ3v) is 2.93. The van der Waals surface area contributed by atoms with E-state index in [0.717, 1.165) is 30.3 Å². The van der Waals surface area contributed by atoms with Crippen LogP contribution in [0, 0.1) is 46.5 Å². The molecule has 0 amide bonds. The second kappa shape index (κ2) is 6.04. The predicted molar refractivity (Wildman–Crippen MR) is 77.3 cm³/mol. The second-order valence-electron chi connectivity index (χ2n) is 4.37. The fourth-order valence-corrected chi connectivity index (χ4v) is 1.92. The van der Waals surface area contributed by atoms with Crippen molar-refractivity contribution >= 4 is 22.7 Å². The van der Waals surface area contributed by atoms with Gasteiger partial charge in [-0.2, -0.15) is 0 Å². The molecule has 0 N–H and O–H groups in total. The van der Waals surface area contributed by atoms with Gasteiger partial charge in [0.2, 0.25) is 0 Å². The van der Waals surface area contributed by atoms with Crippen LogP contribution < -0.4 is 0 Å². The minimum Gasteiger partial charge on any atom is -0.258 e. The SMILES string of the molecule is O=[N+]([O-])c1[c]c([N+](=O)[O-])cc(-c2cc([N+](=O)[O-])ccc2[N+](=O)[O-])c1. The summed E-state index contributed by atoms with van der Waals surface area (Å²) in [5, 5.41) is 43.6. The van der Waals surface area contributed by atoms with Crippen molar-refractivity contribution in [2.45, 2.75) is 0 Å². The second-order valence-corrected chi connectivity index (χ2v) is 4.37. The van der Waals surface area contributed by atoms with Crippen molar-refractivity contribution in [2.75, 3.05) is 0 Å². The first kappa shape index (κ1) is 16.4. The lowest BCUT2D eigenvalue weighted by Crippen LogP contribution is -1.98. The molecule has 1 radical (unpaired) electrons. The van der Waals surface area contributed by atoms with Crippen LogP contribution in [0.15, 0.2) is 30.3 Å². The van der Waals surface area contributed by atoms with Gasteiger partial charge >= 0.3 is 0 Å². The summed E-state index contributed by atoms with van der Waals surface area (Å²) >= 11 is 0. The van der Waals surface area contributed by atoms with E-state index in [1.54, 1.807) is 0 Å². The summed E-state index contributed by atoms with van der Waals surface area (Å²) < 4.78 is 0. The van der Waals surface area contributed by atoms with Crippen molar-refractivity contribution in [2.24, 2.45) is 0 Å². The van der Waals surface area contributed by atoms with Crippen LogP contribution in [-0.4, -0.2) is 19.7 Å². The number of nitrogens with zero attached hydrogens (tertiary/aromatic N) is 4. The summed E-state index contributed by atoms with van der Waals surface area (Å²) in [6.07, 6.45) is 0. The highest BCUT2D eigenvalue weighted by atomic mass is 16.6. The Morgan fingerprint density at radius 3 is 1.67 bits per heavy atom. The third kappa shape index (κ3) is 3.11. The Bertz CT molecular complexity index is 862. The van der Waals surface area contributed by atoms with E-state index < -0.39 is 42.4 Å². The molecule has 0 unspecified atom stereocenters. The van der Waals surface area contributed by atoms with Crippen LogP contribution in [0.1, 0.15) is 0 Å². The van der Waals surface area contributed by atoms with E-state index in [1.807, 2.05) is 6.07 Å². The maximum absolute atomic E-state index is 11.1. The van der Waals surface area contributed by atoms with Crippen LogP contribution in [0.4, 0.5) is 22.7 Å². The Morgan fingerprint density at radius 1 is 0.708 bits per heavy atom. The highest BCUT2D eigenvalue weighted by Gasteiger charge is 2.24. The van der Waals surface area contributed by atoms with E-state index in [1.165, 1.54) is 0 Å². The van der Waals surface area contributed by atoms with Crippen molar-refractivity contribution in [3.05, 3.63) is 76.9 Å². The summed E-state index contributed by atoms with van der Waals surface area (Å²) in [7, 11) is 0. The molecule has 0 atom stereocenters. The van der Waals surface area contributed by atoms with E-state index in [2.05, 4.69) is 0 Å². The Morgan fingerprint density at radius 2 is 1.25 bits per heavy atom. The van der Waals surface area contributed by atoms with Gasteiger partial charge in [-0.05, 0) is 0 Å². The first-order valence-electron chi connectivity index (χ1n) is 6.00. The number of nitro groups is 4. The molecule has 0 aromatic heterocycles. The molecular weight excluding hydrogens is 328 g/mol. The number of non-ortho nitro benzene ring substituents is 3. The van der Waals surface area contributed by atoms with Gasteiger partial charge in [-0.1, -0.05) is 0 Å². The van der Waals surface area contributed by atoms with Crippen LogP contribution >= 0.6 is 0 Å². The molecule has 2 aromatic rings. The monoisotopic (exact) mass is 333 g/mol. The van der Waals surface area contributed by atoms with Crippen LogP contribution in [0.25, 0.3) is 11.1 Å². The van der Waals surface area contributed by atoms with E-state index in [9.17, 15) is 40.5 Å². The predicted octanol–water partition coefficient (Wildman–Crippen LogP) is 2.79. The lowest BCUT2D eigenvalue weighted by molar-refractivity contribution is -0.394. The number of hydrogen-bond donors (Lipinski definition) is 0. The molecule has 0 spiro atoms. The number of rotatable bonds is 5. The lowest BCUT2D eigenvalue weighted by atomic mass is 10.0. The Labute approximate surface area is 131 Å². The van der Waals surface area contributed by atoms with Gasteiger partial charge in [0.25, 0.3) is 22.7 Å². The van der Waals surface area contributed by atoms with Crippen LogP contribution in [0.3, 0.4) is 0 Å². The van der Waals surface area contributed by atoms with Crippen molar-refractivity contribution in [1.82, 2.24) is 0 Å². The van der Waals surface area contributed by atoms with Crippen LogP contribution in [0.2, 0.25) is 0 Å². The van der Waals surface area contributed by atoms with Crippen molar-refractivity contribution in [1.29, 1.82) is 0 Å². The first-order chi connectivity index (χ1) is 11.2. The van der Waals surface area contributed by atoms with Crippen molar-refractivity contribution < 1.29 is 19.7 Å². The summed E-state index contributed by atoms with van der Waals surface area (Å²) in [5.74, 6) is 0. The van der Waals surface area contributed by atoms with E-state index in [4.69, 9.17) is 0 Å². The zero-order valence-corrected chi connectivity index (χ0v) is 11.4. The molecule has 0 saturated carbocycles. The molecular formula is C12H5N4O8. The minimum atomic E-state index is -0.959. The number of benzene rings is 2. The molecule has 12 nitrogen and oxygen atoms in total. The average molecular weight is 333 g/mol. The minimum absolute atomic E-state index is 0.275. The summed E-state index contributed by atoms with van der Waals surface area (Å²) in [5.41, 5.74) is -3.30.